The van der Waals surface area contributed by atoms with Crippen LogP contribution in [-0.2, 0) is 9.59 Å². The average molecular weight is 399 g/mol. The fourth-order valence-corrected chi connectivity index (χ4v) is 5.05. The molecule has 0 bridgehead atoms. The highest BCUT2D eigenvalue weighted by Gasteiger charge is 2.35. The number of hydrazine groups is 1. The Morgan fingerprint density at radius 3 is 2.45 bits per heavy atom. The molecule has 158 valence electrons. The lowest BCUT2D eigenvalue weighted by Crippen LogP contribution is -2.52. The Bertz CT molecular complexity index is 723. The summed E-state index contributed by atoms with van der Waals surface area (Å²) in [7, 11) is 0. The van der Waals surface area contributed by atoms with Gasteiger partial charge < -0.3 is 10.2 Å². The van der Waals surface area contributed by atoms with Crippen LogP contribution in [-0.4, -0.2) is 41.9 Å². The van der Waals surface area contributed by atoms with Crippen LogP contribution in [0.15, 0.2) is 24.3 Å². The lowest BCUT2D eigenvalue weighted by molar-refractivity contribution is -0.134. The topological polar surface area (TPSA) is 73.5 Å². The van der Waals surface area contributed by atoms with Crippen molar-refractivity contribution in [1.29, 1.82) is 0 Å². The summed E-state index contributed by atoms with van der Waals surface area (Å²) in [4.78, 5) is 27.4. The predicted octanol–water partition coefficient (Wildman–Crippen LogP) is 2.59. The zero-order chi connectivity index (χ0) is 20.2. The van der Waals surface area contributed by atoms with Gasteiger partial charge in [-0.15, -0.1) is 0 Å². The molecule has 2 aliphatic heterocycles. The van der Waals surface area contributed by atoms with Gasteiger partial charge in [0.25, 0.3) is 0 Å². The first-order valence-corrected chi connectivity index (χ1v) is 11.3. The van der Waals surface area contributed by atoms with Crippen molar-refractivity contribution >= 4 is 11.8 Å². The van der Waals surface area contributed by atoms with E-state index < -0.39 is 0 Å². The van der Waals surface area contributed by atoms with Crippen molar-refractivity contribution < 1.29 is 9.59 Å². The Morgan fingerprint density at radius 2 is 1.72 bits per heavy atom. The van der Waals surface area contributed by atoms with Crippen molar-refractivity contribution in [3.63, 3.8) is 0 Å². The number of nitrogens with one attached hydrogen (secondary N) is 3. The zero-order valence-corrected chi connectivity index (χ0v) is 17.5. The summed E-state index contributed by atoms with van der Waals surface area (Å²) in [5, 5.41) is 3.25. The third-order valence-corrected chi connectivity index (χ3v) is 6.89. The number of carbonyl (C=O) groups is 2. The van der Waals surface area contributed by atoms with E-state index in [4.69, 9.17) is 0 Å². The largest absolute Gasteiger partial charge is 0.353 e. The van der Waals surface area contributed by atoms with Crippen LogP contribution in [0.5, 0.6) is 0 Å². The molecule has 2 unspecified atom stereocenters. The van der Waals surface area contributed by atoms with E-state index in [9.17, 15) is 9.59 Å². The second-order valence-electron chi connectivity index (χ2n) is 8.93. The molecule has 2 saturated heterocycles. The Kier molecular flexibility index (Phi) is 6.50. The summed E-state index contributed by atoms with van der Waals surface area (Å²) < 4.78 is 0. The van der Waals surface area contributed by atoms with E-state index in [-0.39, 0.29) is 35.9 Å². The molecule has 3 aliphatic rings. The summed E-state index contributed by atoms with van der Waals surface area (Å²) in [6, 6.07) is 8.51. The quantitative estimate of drug-likeness (QED) is 0.729. The lowest BCUT2D eigenvalue weighted by atomic mass is 9.88. The molecule has 2 atom stereocenters. The van der Waals surface area contributed by atoms with Crippen LogP contribution in [0.2, 0.25) is 0 Å². The van der Waals surface area contributed by atoms with Gasteiger partial charge in [0.2, 0.25) is 11.8 Å². The summed E-state index contributed by atoms with van der Waals surface area (Å²) in [5.74, 6) is 0.610. The third-order valence-electron chi connectivity index (χ3n) is 6.89. The van der Waals surface area contributed by atoms with Gasteiger partial charge in [0.05, 0.1) is 0 Å². The van der Waals surface area contributed by atoms with Crippen LogP contribution in [0.4, 0.5) is 0 Å². The number of aryl methyl sites for hydroxylation is 1. The fraction of sp³-hybridized carbons (Fsp3) is 0.652. The second-order valence-corrected chi connectivity index (χ2v) is 8.93. The molecule has 0 spiro atoms. The summed E-state index contributed by atoms with van der Waals surface area (Å²) >= 11 is 0. The van der Waals surface area contributed by atoms with Crippen LogP contribution < -0.4 is 16.2 Å². The number of piperidine rings is 1. The highest BCUT2D eigenvalue weighted by molar-refractivity contribution is 5.82. The molecule has 2 heterocycles. The number of carbonyl (C=O) groups excluding carboxylic acids is 2. The van der Waals surface area contributed by atoms with Gasteiger partial charge in [0.15, 0.2) is 0 Å². The monoisotopic (exact) mass is 398 g/mol. The van der Waals surface area contributed by atoms with Gasteiger partial charge in [0, 0.05) is 31.1 Å². The van der Waals surface area contributed by atoms with E-state index in [0.717, 1.165) is 45.2 Å². The minimum atomic E-state index is -0.187. The Labute approximate surface area is 173 Å². The third kappa shape index (κ3) is 4.81. The van der Waals surface area contributed by atoms with E-state index in [0.29, 0.717) is 0 Å². The standard InChI is InChI=1S/C23H34N4O2/c1-16-7-5-6-10-19(16)20-15-21(26-25-20)23(29)27-13-11-18(12-14-27)24-22(28)17-8-3-2-4-9-17/h5-7,10,17-18,20-21,25-26H,2-4,8-9,11-15H2,1H3,(H,24,28). The summed E-state index contributed by atoms with van der Waals surface area (Å²) in [6.45, 7) is 3.56. The van der Waals surface area contributed by atoms with Crippen LogP contribution in [0.25, 0.3) is 0 Å². The van der Waals surface area contributed by atoms with Gasteiger partial charge in [-0.3, -0.25) is 9.59 Å². The molecule has 6 nitrogen and oxygen atoms in total. The van der Waals surface area contributed by atoms with E-state index in [2.05, 4.69) is 35.2 Å². The van der Waals surface area contributed by atoms with Crippen LogP contribution >= 0.6 is 0 Å². The predicted molar refractivity (Wildman–Crippen MR) is 113 cm³/mol. The molecule has 1 aromatic carbocycles. The molecule has 4 rings (SSSR count). The highest BCUT2D eigenvalue weighted by Crippen LogP contribution is 2.27. The average Bonchev–Trinajstić information content (AvgIpc) is 3.25. The molecular weight excluding hydrogens is 364 g/mol. The first kappa shape index (κ1) is 20.4. The lowest BCUT2D eigenvalue weighted by Gasteiger charge is -2.34. The maximum absolute atomic E-state index is 13.0. The Hall–Kier alpha value is -1.92. The number of rotatable bonds is 4. The first-order chi connectivity index (χ1) is 14.1. The Morgan fingerprint density at radius 1 is 1.00 bits per heavy atom. The number of benzene rings is 1. The van der Waals surface area contributed by atoms with Crippen LogP contribution in [0, 0.1) is 12.8 Å². The molecule has 0 radical (unpaired) electrons. The number of amides is 2. The van der Waals surface area contributed by atoms with E-state index in [1.54, 1.807) is 0 Å². The fourth-order valence-electron chi connectivity index (χ4n) is 5.05. The SMILES string of the molecule is Cc1ccccc1C1CC(C(=O)N2CCC(NC(=O)C3CCCCC3)CC2)NN1. The smallest absolute Gasteiger partial charge is 0.241 e. The molecule has 29 heavy (non-hydrogen) atoms. The van der Waals surface area contributed by atoms with Gasteiger partial charge >= 0.3 is 0 Å². The van der Waals surface area contributed by atoms with E-state index in [1.165, 1.54) is 30.4 Å². The molecule has 1 aromatic rings. The summed E-state index contributed by atoms with van der Waals surface area (Å²) in [5.41, 5.74) is 9.00. The number of nitrogens with zero attached hydrogens (tertiary/aromatic N) is 1. The normalized spacial score (nSPS) is 26.4. The van der Waals surface area contributed by atoms with Gasteiger partial charge in [-0.2, -0.15) is 0 Å². The van der Waals surface area contributed by atoms with Crippen molar-refractivity contribution in [2.75, 3.05) is 13.1 Å². The van der Waals surface area contributed by atoms with Crippen molar-refractivity contribution in [3.8, 4) is 0 Å². The summed E-state index contributed by atoms with van der Waals surface area (Å²) in [6.07, 6.45) is 8.16. The molecule has 3 fully saturated rings. The van der Waals surface area contributed by atoms with Crippen molar-refractivity contribution in [2.45, 2.75) is 76.4 Å². The maximum Gasteiger partial charge on any atom is 0.241 e. The molecule has 1 saturated carbocycles. The minimum absolute atomic E-state index is 0.164. The van der Waals surface area contributed by atoms with Crippen molar-refractivity contribution in [2.24, 2.45) is 5.92 Å². The van der Waals surface area contributed by atoms with E-state index in [1.807, 2.05) is 17.0 Å². The first-order valence-electron chi connectivity index (χ1n) is 11.3. The molecule has 3 N–H and O–H groups in total. The minimum Gasteiger partial charge on any atom is -0.353 e. The Balaban J connectivity index is 1.24. The highest BCUT2D eigenvalue weighted by atomic mass is 16.2. The van der Waals surface area contributed by atoms with Crippen LogP contribution in [0.3, 0.4) is 0 Å². The van der Waals surface area contributed by atoms with Gasteiger partial charge in [0.1, 0.15) is 6.04 Å². The maximum atomic E-state index is 13.0. The number of hydrogen-bond acceptors (Lipinski definition) is 4. The van der Waals surface area contributed by atoms with Gasteiger partial charge in [-0.25, -0.2) is 10.9 Å². The van der Waals surface area contributed by atoms with E-state index >= 15 is 0 Å². The van der Waals surface area contributed by atoms with Crippen molar-refractivity contribution in [1.82, 2.24) is 21.1 Å². The second kappa shape index (κ2) is 9.26. The zero-order valence-electron chi connectivity index (χ0n) is 17.5. The molecule has 6 heteroatoms. The van der Waals surface area contributed by atoms with Crippen LogP contribution in [0.1, 0.15) is 68.5 Å². The molecular formula is C23H34N4O2. The van der Waals surface area contributed by atoms with Crippen molar-refractivity contribution in [3.05, 3.63) is 35.4 Å². The van der Waals surface area contributed by atoms with Gasteiger partial charge in [-0.05, 0) is 50.2 Å². The molecule has 2 amide bonds. The number of likely N-dealkylation sites (tertiary alicyclic amines) is 1. The van der Waals surface area contributed by atoms with Gasteiger partial charge in [-0.1, -0.05) is 43.5 Å². The molecule has 0 aromatic heterocycles. The number of hydrogen-bond donors (Lipinski definition) is 3. The molecule has 1 aliphatic carbocycles.